The smallest absolute Gasteiger partial charge is 0.335 e. The SMILES string of the molecule is CC(C)(C)C1CCC(N(Cc2ccc(C(=O)O)cc2)Cc2cc(Cl)cc(Cl)c2)CC1. The van der Waals surface area contributed by atoms with Crippen molar-refractivity contribution < 1.29 is 9.90 Å². The summed E-state index contributed by atoms with van der Waals surface area (Å²) in [5.41, 5.74) is 2.89. The minimum atomic E-state index is -0.896. The Kier molecular flexibility index (Phi) is 7.49. The fraction of sp³-hybridized carbons (Fsp3) is 0.480. The highest BCUT2D eigenvalue weighted by Crippen LogP contribution is 2.39. The number of aromatic carboxylic acids is 1. The maximum Gasteiger partial charge on any atom is 0.335 e. The van der Waals surface area contributed by atoms with Crippen molar-refractivity contribution in [2.75, 3.05) is 0 Å². The number of carboxylic acid groups (broad SMARTS) is 1. The highest BCUT2D eigenvalue weighted by molar-refractivity contribution is 6.34. The lowest BCUT2D eigenvalue weighted by Crippen LogP contribution is -2.39. The molecule has 0 saturated heterocycles. The number of halogens is 2. The summed E-state index contributed by atoms with van der Waals surface area (Å²) in [7, 11) is 0. The number of carboxylic acids is 1. The molecule has 1 N–H and O–H groups in total. The minimum absolute atomic E-state index is 0.317. The van der Waals surface area contributed by atoms with Crippen molar-refractivity contribution in [3.63, 3.8) is 0 Å². The van der Waals surface area contributed by atoms with Gasteiger partial charge in [0.15, 0.2) is 0 Å². The summed E-state index contributed by atoms with van der Waals surface area (Å²) in [5.74, 6) is -0.140. The molecule has 0 radical (unpaired) electrons. The van der Waals surface area contributed by atoms with Crippen molar-refractivity contribution in [2.24, 2.45) is 11.3 Å². The molecule has 0 unspecified atom stereocenters. The number of hydrogen-bond donors (Lipinski definition) is 1. The van der Waals surface area contributed by atoms with Crippen LogP contribution in [0.5, 0.6) is 0 Å². The molecule has 1 fully saturated rings. The zero-order valence-corrected chi connectivity index (χ0v) is 19.5. The van der Waals surface area contributed by atoms with Crippen LogP contribution in [0.1, 0.15) is 67.9 Å². The van der Waals surface area contributed by atoms with Gasteiger partial charge < -0.3 is 5.11 Å². The van der Waals surface area contributed by atoms with Crippen molar-refractivity contribution in [1.82, 2.24) is 4.90 Å². The molecule has 0 heterocycles. The molecular formula is C25H31Cl2NO2. The third kappa shape index (κ3) is 6.23. The molecule has 0 aromatic heterocycles. The minimum Gasteiger partial charge on any atom is -0.478 e. The van der Waals surface area contributed by atoms with Gasteiger partial charge in [-0.1, -0.05) is 56.1 Å². The van der Waals surface area contributed by atoms with Crippen LogP contribution in [0.3, 0.4) is 0 Å². The number of nitrogens with zero attached hydrogens (tertiary/aromatic N) is 1. The molecule has 0 amide bonds. The molecule has 0 spiro atoms. The third-order valence-corrected chi connectivity index (χ3v) is 6.77. The number of rotatable bonds is 6. The van der Waals surface area contributed by atoms with Crippen LogP contribution in [0.4, 0.5) is 0 Å². The quantitative estimate of drug-likeness (QED) is 0.504. The van der Waals surface area contributed by atoms with E-state index in [2.05, 4.69) is 25.7 Å². The molecule has 1 saturated carbocycles. The van der Waals surface area contributed by atoms with Crippen LogP contribution < -0.4 is 0 Å². The first-order chi connectivity index (χ1) is 14.1. The second-order valence-corrected chi connectivity index (χ2v) is 10.4. The Morgan fingerprint density at radius 2 is 1.47 bits per heavy atom. The van der Waals surface area contributed by atoms with Crippen molar-refractivity contribution in [3.05, 3.63) is 69.2 Å². The summed E-state index contributed by atoms with van der Waals surface area (Å²) in [6.45, 7) is 8.57. The first-order valence-electron chi connectivity index (χ1n) is 10.6. The van der Waals surface area contributed by atoms with E-state index in [4.69, 9.17) is 28.3 Å². The number of hydrogen-bond acceptors (Lipinski definition) is 2. The molecule has 1 aliphatic carbocycles. The average Bonchev–Trinajstić information content (AvgIpc) is 2.66. The van der Waals surface area contributed by atoms with Crippen LogP contribution in [0.25, 0.3) is 0 Å². The fourth-order valence-electron chi connectivity index (χ4n) is 4.55. The van der Waals surface area contributed by atoms with Gasteiger partial charge in [-0.3, -0.25) is 4.90 Å². The zero-order chi connectivity index (χ0) is 21.9. The van der Waals surface area contributed by atoms with Gasteiger partial charge in [0.2, 0.25) is 0 Å². The molecule has 0 atom stereocenters. The van der Waals surface area contributed by atoms with Gasteiger partial charge in [-0.2, -0.15) is 0 Å². The first kappa shape index (κ1) is 23.1. The standard InChI is InChI=1S/C25H31Cl2NO2/c1-25(2,3)20-8-10-23(11-9-20)28(16-18-12-21(26)14-22(27)13-18)15-17-4-6-19(7-5-17)24(29)30/h4-7,12-14,20,23H,8-11,15-16H2,1-3H3,(H,29,30). The van der Waals surface area contributed by atoms with E-state index < -0.39 is 5.97 Å². The van der Waals surface area contributed by atoms with E-state index in [1.807, 2.05) is 24.3 Å². The molecule has 30 heavy (non-hydrogen) atoms. The van der Waals surface area contributed by atoms with Crippen LogP contribution in [0, 0.1) is 11.3 Å². The lowest BCUT2D eigenvalue weighted by Gasteiger charge is -2.41. The first-order valence-corrected chi connectivity index (χ1v) is 11.4. The monoisotopic (exact) mass is 447 g/mol. The fourth-order valence-corrected chi connectivity index (χ4v) is 5.12. The summed E-state index contributed by atoms with van der Waals surface area (Å²) in [4.78, 5) is 13.7. The molecular weight excluding hydrogens is 417 g/mol. The normalized spacial score (nSPS) is 19.8. The van der Waals surface area contributed by atoms with Crippen LogP contribution >= 0.6 is 23.2 Å². The molecule has 5 heteroatoms. The summed E-state index contributed by atoms with van der Waals surface area (Å²) in [6, 6.07) is 13.4. The summed E-state index contributed by atoms with van der Waals surface area (Å²) in [5, 5.41) is 10.5. The van der Waals surface area contributed by atoms with Gasteiger partial charge in [-0.15, -0.1) is 0 Å². The van der Waals surface area contributed by atoms with Crippen molar-refractivity contribution in [3.8, 4) is 0 Å². The van der Waals surface area contributed by atoms with E-state index in [0.717, 1.165) is 30.1 Å². The predicted molar refractivity (Wildman–Crippen MR) is 124 cm³/mol. The molecule has 0 bridgehead atoms. The van der Waals surface area contributed by atoms with Crippen LogP contribution in [0.15, 0.2) is 42.5 Å². The Morgan fingerprint density at radius 1 is 0.933 bits per heavy atom. The van der Waals surface area contributed by atoms with Gasteiger partial charge in [-0.25, -0.2) is 4.79 Å². The Morgan fingerprint density at radius 3 is 1.97 bits per heavy atom. The largest absolute Gasteiger partial charge is 0.478 e. The Hall–Kier alpha value is -1.55. The number of benzene rings is 2. The lowest BCUT2D eigenvalue weighted by molar-refractivity contribution is 0.0696. The maximum atomic E-state index is 11.2. The second-order valence-electron chi connectivity index (χ2n) is 9.56. The topological polar surface area (TPSA) is 40.5 Å². The Balaban J connectivity index is 1.78. The van der Waals surface area contributed by atoms with E-state index in [9.17, 15) is 4.79 Å². The zero-order valence-electron chi connectivity index (χ0n) is 18.0. The Labute approximate surface area is 190 Å². The number of carbonyl (C=O) groups is 1. The Bertz CT molecular complexity index is 845. The van der Waals surface area contributed by atoms with Gasteiger partial charge in [0.25, 0.3) is 0 Å². The molecule has 3 nitrogen and oxygen atoms in total. The van der Waals surface area contributed by atoms with Gasteiger partial charge in [0.05, 0.1) is 5.56 Å². The predicted octanol–water partition coefficient (Wildman–Crippen LogP) is 7.30. The van der Waals surface area contributed by atoms with E-state index in [-0.39, 0.29) is 0 Å². The van der Waals surface area contributed by atoms with Crippen LogP contribution in [-0.2, 0) is 13.1 Å². The molecule has 2 aromatic rings. The van der Waals surface area contributed by atoms with E-state index in [1.54, 1.807) is 18.2 Å². The van der Waals surface area contributed by atoms with E-state index in [0.29, 0.717) is 27.1 Å². The lowest BCUT2D eigenvalue weighted by atomic mass is 9.71. The maximum absolute atomic E-state index is 11.2. The highest BCUT2D eigenvalue weighted by Gasteiger charge is 2.32. The highest BCUT2D eigenvalue weighted by atomic mass is 35.5. The van der Waals surface area contributed by atoms with Crippen molar-refractivity contribution in [1.29, 1.82) is 0 Å². The molecule has 3 rings (SSSR count). The van der Waals surface area contributed by atoms with E-state index >= 15 is 0 Å². The third-order valence-electron chi connectivity index (χ3n) is 6.33. The van der Waals surface area contributed by atoms with Crippen molar-refractivity contribution >= 4 is 29.2 Å². The summed E-state index contributed by atoms with van der Waals surface area (Å²) >= 11 is 12.5. The van der Waals surface area contributed by atoms with Crippen LogP contribution in [-0.4, -0.2) is 22.0 Å². The molecule has 2 aromatic carbocycles. The van der Waals surface area contributed by atoms with Crippen LogP contribution in [0.2, 0.25) is 10.0 Å². The van der Waals surface area contributed by atoms with Gasteiger partial charge in [-0.05, 0) is 78.5 Å². The second kappa shape index (κ2) is 9.72. The molecule has 162 valence electrons. The van der Waals surface area contributed by atoms with Crippen molar-refractivity contribution in [2.45, 2.75) is 65.6 Å². The summed E-state index contributed by atoms with van der Waals surface area (Å²) < 4.78 is 0. The van der Waals surface area contributed by atoms with Gasteiger partial charge >= 0.3 is 5.97 Å². The average molecular weight is 448 g/mol. The van der Waals surface area contributed by atoms with Gasteiger partial charge in [0.1, 0.15) is 0 Å². The van der Waals surface area contributed by atoms with Gasteiger partial charge in [0, 0.05) is 29.2 Å². The van der Waals surface area contributed by atoms with E-state index in [1.165, 1.54) is 25.7 Å². The molecule has 1 aliphatic rings. The molecule has 0 aliphatic heterocycles. The summed E-state index contributed by atoms with van der Waals surface area (Å²) in [6.07, 6.45) is 4.81.